The van der Waals surface area contributed by atoms with Gasteiger partial charge in [-0.3, -0.25) is 4.79 Å². The van der Waals surface area contributed by atoms with E-state index in [-0.39, 0.29) is 23.5 Å². The number of carbonyl (C=O) groups is 1. The topological polar surface area (TPSA) is 68.2 Å². The first-order valence-electron chi connectivity index (χ1n) is 8.05. The third kappa shape index (κ3) is 3.11. The van der Waals surface area contributed by atoms with Crippen molar-refractivity contribution in [2.75, 3.05) is 11.5 Å². The predicted molar refractivity (Wildman–Crippen MR) is 94.5 cm³/mol. The quantitative estimate of drug-likeness (QED) is 0.927. The molecule has 6 heteroatoms. The van der Waals surface area contributed by atoms with Crippen molar-refractivity contribution < 1.29 is 13.2 Å². The van der Waals surface area contributed by atoms with Crippen LogP contribution in [0, 0.1) is 20.8 Å². The number of hydrogen-bond donors (Lipinski definition) is 1. The number of sulfone groups is 1. The second-order valence-corrected chi connectivity index (χ2v) is 8.71. The van der Waals surface area contributed by atoms with Gasteiger partial charge in [0, 0.05) is 23.1 Å². The number of aryl methyl sites for hydroxylation is 2. The minimum atomic E-state index is -3.00. The molecule has 24 heavy (non-hydrogen) atoms. The standard InChI is InChI=1S/C18H22N2O3S/c1-12-6-4-5-7-17(12)20-13(2)10-16(14(20)3)18(21)19-15-8-9-24(22,23)11-15/h4-7,10,15H,8-9,11H2,1-3H3,(H,19,21). The zero-order valence-electron chi connectivity index (χ0n) is 14.2. The lowest BCUT2D eigenvalue weighted by Gasteiger charge is -2.13. The van der Waals surface area contributed by atoms with Gasteiger partial charge in [0.1, 0.15) is 0 Å². The highest BCUT2D eigenvalue weighted by Crippen LogP contribution is 2.23. The third-order valence-electron chi connectivity index (χ3n) is 4.60. The summed E-state index contributed by atoms with van der Waals surface area (Å²) in [7, 11) is -3.00. The Hall–Kier alpha value is -2.08. The Bertz CT molecular complexity index is 897. The predicted octanol–water partition coefficient (Wildman–Crippen LogP) is 2.32. The van der Waals surface area contributed by atoms with E-state index in [1.807, 2.05) is 51.1 Å². The summed E-state index contributed by atoms with van der Waals surface area (Å²) >= 11 is 0. The van der Waals surface area contributed by atoms with E-state index in [4.69, 9.17) is 0 Å². The highest BCUT2D eigenvalue weighted by molar-refractivity contribution is 7.91. The molecule has 0 radical (unpaired) electrons. The molecular weight excluding hydrogens is 324 g/mol. The van der Waals surface area contributed by atoms with Crippen LogP contribution in [0.15, 0.2) is 30.3 Å². The van der Waals surface area contributed by atoms with Gasteiger partial charge in [0.05, 0.1) is 17.1 Å². The summed E-state index contributed by atoms with van der Waals surface area (Å²) in [5.74, 6) is -0.0137. The first kappa shape index (κ1) is 16.8. The van der Waals surface area contributed by atoms with E-state index in [1.165, 1.54) is 0 Å². The molecule has 0 spiro atoms. The number of benzene rings is 1. The van der Waals surface area contributed by atoms with Crippen LogP contribution < -0.4 is 5.32 Å². The Morgan fingerprint density at radius 1 is 1.21 bits per heavy atom. The summed E-state index contributed by atoms with van der Waals surface area (Å²) in [6.07, 6.45) is 0.491. The summed E-state index contributed by atoms with van der Waals surface area (Å²) in [6.45, 7) is 5.92. The molecule has 1 aliphatic heterocycles. The molecule has 128 valence electrons. The molecule has 0 saturated carbocycles. The van der Waals surface area contributed by atoms with E-state index in [1.54, 1.807) is 0 Å². The van der Waals surface area contributed by atoms with Crippen LogP contribution in [0.5, 0.6) is 0 Å². The van der Waals surface area contributed by atoms with Gasteiger partial charge >= 0.3 is 0 Å². The maximum atomic E-state index is 12.6. The van der Waals surface area contributed by atoms with E-state index in [2.05, 4.69) is 9.88 Å². The summed E-state index contributed by atoms with van der Waals surface area (Å²) in [5, 5.41) is 2.87. The lowest BCUT2D eigenvalue weighted by Crippen LogP contribution is -2.35. The molecule has 1 amide bonds. The van der Waals surface area contributed by atoms with E-state index < -0.39 is 9.84 Å². The van der Waals surface area contributed by atoms with Crippen molar-refractivity contribution in [1.82, 2.24) is 9.88 Å². The van der Waals surface area contributed by atoms with Crippen molar-refractivity contribution in [2.45, 2.75) is 33.2 Å². The number of carbonyl (C=O) groups excluding carboxylic acids is 1. The molecule has 1 saturated heterocycles. The number of aromatic nitrogens is 1. The van der Waals surface area contributed by atoms with Crippen molar-refractivity contribution in [2.24, 2.45) is 0 Å². The number of rotatable bonds is 3. The summed E-state index contributed by atoms with van der Waals surface area (Å²) in [6, 6.07) is 9.60. The molecule has 5 nitrogen and oxygen atoms in total. The molecule has 0 aliphatic carbocycles. The summed E-state index contributed by atoms with van der Waals surface area (Å²) in [4.78, 5) is 12.6. The highest BCUT2D eigenvalue weighted by atomic mass is 32.2. The lowest BCUT2D eigenvalue weighted by molar-refractivity contribution is 0.0940. The van der Waals surface area contributed by atoms with Crippen molar-refractivity contribution in [3.05, 3.63) is 52.8 Å². The molecule has 1 unspecified atom stereocenters. The fourth-order valence-electron chi connectivity index (χ4n) is 3.35. The van der Waals surface area contributed by atoms with Crippen LogP contribution >= 0.6 is 0 Å². The lowest BCUT2D eigenvalue weighted by atomic mass is 10.2. The van der Waals surface area contributed by atoms with Crippen molar-refractivity contribution >= 4 is 15.7 Å². The van der Waals surface area contributed by atoms with Gasteiger partial charge in [-0.1, -0.05) is 18.2 Å². The van der Waals surface area contributed by atoms with Gasteiger partial charge in [-0.2, -0.15) is 0 Å². The maximum Gasteiger partial charge on any atom is 0.253 e. The number of hydrogen-bond acceptors (Lipinski definition) is 3. The fourth-order valence-corrected chi connectivity index (χ4v) is 5.02. The Balaban J connectivity index is 1.89. The minimum Gasteiger partial charge on any atom is -0.348 e. The fraction of sp³-hybridized carbons (Fsp3) is 0.389. The molecule has 2 aromatic rings. The summed E-state index contributed by atoms with van der Waals surface area (Å²) < 4.78 is 25.2. The van der Waals surface area contributed by atoms with Gasteiger partial charge in [-0.25, -0.2) is 8.42 Å². The van der Waals surface area contributed by atoms with Gasteiger partial charge in [-0.05, 0) is 44.9 Å². The van der Waals surface area contributed by atoms with E-state index in [0.29, 0.717) is 12.0 Å². The molecule has 1 aromatic carbocycles. The molecule has 3 rings (SSSR count). The van der Waals surface area contributed by atoms with Crippen LogP contribution in [0.4, 0.5) is 0 Å². The van der Waals surface area contributed by atoms with Crippen molar-refractivity contribution in [3.8, 4) is 5.69 Å². The van der Waals surface area contributed by atoms with Crippen LogP contribution in [0.1, 0.15) is 33.7 Å². The van der Waals surface area contributed by atoms with Crippen LogP contribution in [0.25, 0.3) is 5.69 Å². The van der Waals surface area contributed by atoms with Gasteiger partial charge in [-0.15, -0.1) is 0 Å². The smallest absolute Gasteiger partial charge is 0.253 e. The zero-order chi connectivity index (χ0) is 17.5. The Kier molecular flexibility index (Phi) is 4.25. The van der Waals surface area contributed by atoms with E-state index in [9.17, 15) is 13.2 Å². The molecular formula is C18H22N2O3S. The third-order valence-corrected chi connectivity index (χ3v) is 6.37. The minimum absolute atomic E-state index is 0.0370. The first-order chi connectivity index (χ1) is 11.3. The average Bonchev–Trinajstić information content (AvgIpc) is 2.99. The molecule has 2 heterocycles. The van der Waals surface area contributed by atoms with E-state index >= 15 is 0 Å². The normalized spacial score (nSPS) is 19.4. The molecule has 0 bridgehead atoms. The van der Waals surface area contributed by atoms with Gasteiger partial charge in [0.2, 0.25) is 0 Å². The van der Waals surface area contributed by atoms with Crippen LogP contribution in [0.2, 0.25) is 0 Å². The first-order valence-corrected chi connectivity index (χ1v) is 9.87. The molecule has 1 aromatic heterocycles. The summed E-state index contributed by atoms with van der Waals surface area (Å²) in [5.41, 5.74) is 4.62. The van der Waals surface area contributed by atoms with Gasteiger partial charge in [0.25, 0.3) is 5.91 Å². The number of nitrogens with one attached hydrogen (secondary N) is 1. The molecule has 1 aliphatic rings. The highest BCUT2D eigenvalue weighted by Gasteiger charge is 2.30. The maximum absolute atomic E-state index is 12.6. The van der Waals surface area contributed by atoms with Gasteiger partial charge < -0.3 is 9.88 Å². The van der Waals surface area contributed by atoms with Crippen LogP contribution in [0.3, 0.4) is 0 Å². The second kappa shape index (κ2) is 6.09. The number of nitrogens with zero attached hydrogens (tertiary/aromatic N) is 1. The van der Waals surface area contributed by atoms with E-state index in [0.717, 1.165) is 22.6 Å². The SMILES string of the molecule is Cc1ccccc1-n1c(C)cc(C(=O)NC2CCS(=O)(=O)C2)c1C. The number of para-hydroxylation sites is 1. The Morgan fingerprint density at radius 2 is 1.92 bits per heavy atom. The zero-order valence-corrected chi connectivity index (χ0v) is 15.0. The Morgan fingerprint density at radius 3 is 2.54 bits per heavy atom. The molecule has 1 N–H and O–H groups in total. The Labute approximate surface area is 142 Å². The van der Waals surface area contributed by atoms with Gasteiger partial charge in [0.15, 0.2) is 9.84 Å². The van der Waals surface area contributed by atoms with Crippen molar-refractivity contribution in [1.29, 1.82) is 0 Å². The average molecular weight is 346 g/mol. The monoisotopic (exact) mass is 346 g/mol. The molecule has 1 atom stereocenters. The van der Waals surface area contributed by atoms with Crippen molar-refractivity contribution in [3.63, 3.8) is 0 Å². The molecule has 1 fully saturated rings. The second-order valence-electron chi connectivity index (χ2n) is 6.48. The number of amides is 1. The van der Waals surface area contributed by atoms with Crippen LogP contribution in [-0.4, -0.2) is 36.4 Å². The largest absolute Gasteiger partial charge is 0.348 e. The van der Waals surface area contributed by atoms with Crippen LogP contribution in [-0.2, 0) is 9.84 Å².